The van der Waals surface area contributed by atoms with E-state index in [1.54, 1.807) is 0 Å². The van der Waals surface area contributed by atoms with E-state index in [4.69, 9.17) is 11.6 Å². The first-order valence-electron chi connectivity index (χ1n) is 7.76. The molecule has 0 aromatic heterocycles. The van der Waals surface area contributed by atoms with E-state index in [-0.39, 0.29) is 0 Å². The molecular weight excluding hydrogens is 254 g/mol. The Morgan fingerprint density at radius 2 is 1.89 bits per heavy atom. The number of benzene rings is 1. The van der Waals surface area contributed by atoms with E-state index in [0.29, 0.717) is 6.04 Å². The maximum absolute atomic E-state index is 6.10. The molecule has 0 spiro atoms. The van der Waals surface area contributed by atoms with Gasteiger partial charge in [-0.2, -0.15) is 0 Å². The first-order chi connectivity index (χ1) is 9.28. The largest absolute Gasteiger partial charge is 0.310 e. The monoisotopic (exact) mass is 277 g/mol. The fraction of sp³-hybridized carbons (Fsp3) is 0.647. The molecule has 2 fully saturated rings. The van der Waals surface area contributed by atoms with Gasteiger partial charge in [0.25, 0.3) is 0 Å². The van der Waals surface area contributed by atoms with Gasteiger partial charge in [0.1, 0.15) is 0 Å². The molecular formula is C17H24ClN. The highest BCUT2D eigenvalue weighted by molar-refractivity contribution is 6.30. The molecule has 1 N–H and O–H groups in total. The molecule has 104 valence electrons. The van der Waals surface area contributed by atoms with Gasteiger partial charge in [-0.25, -0.2) is 0 Å². The van der Waals surface area contributed by atoms with Crippen LogP contribution in [0.25, 0.3) is 0 Å². The fourth-order valence-electron chi connectivity index (χ4n) is 3.27. The lowest BCUT2D eigenvalue weighted by Gasteiger charge is -2.22. The molecule has 2 saturated carbocycles. The van der Waals surface area contributed by atoms with Crippen LogP contribution < -0.4 is 5.32 Å². The average molecular weight is 278 g/mol. The zero-order valence-corrected chi connectivity index (χ0v) is 12.5. The van der Waals surface area contributed by atoms with Crippen molar-refractivity contribution in [3.8, 4) is 0 Å². The van der Waals surface area contributed by atoms with Crippen LogP contribution in [0.1, 0.15) is 50.6 Å². The topological polar surface area (TPSA) is 12.0 Å². The minimum absolute atomic E-state index is 0.457. The van der Waals surface area contributed by atoms with Crippen molar-refractivity contribution in [2.45, 2.75) is 45.1 Å². The molecule has 1 atom stereocenters. The van der Waals surface area contributed by atoms with E-state index >= 15 is 0 Å². The fourth-order valence-corrected chi connectivity index (χ4v) is 3.47. The van der Waals surface area contributed by atoms with Gasteiger partial charge in [0.05, 0.1) is 0 Å². The average Bonchev–Trinajstić information content (AvgIpc) is 3.28. The van der Waals surface area contributed by atoms with Crippen LogP contribution in [0.15, 0.2) is 24.3 Å². The van der Waals surface area contributed by atoms with Gasteiger partial charge in [-0.05, 0) is 74.1 Å². The molecule has 0 bridgehead atoms. The molecule has 0 heterocycles. The summed E-state index contributed by atoms with van der Waals surface area (Å²) in [5, 5.41) is 4.64. The summed E-state index contributed by atoms with van der Waals surface area (Å²) in [5.74, 6) is 2.99. The third kappa shape index (κ3) is 3.52. The Morgan fingerprint density at radius 1 is 1.21 bits per heavy atom. The molecule has 2 aliphatic rings. The van der Waals surface area contributed by atoms with Crippen LogP contribution in [-0.4, -0.2) is 6.54 Å². The summed E-state index contributed by atoms with van der Waals surface area (Å²) in [6.07, 6.45) is 7.00. The molecule has 1 aromatic carbocycles. The van der Waals surface area contributed by atoms with Crippen LogP contribution in [0.4, 0.5) is 0 Å². The van der Waals surface area contributed by atoms with Crippen molar-refractivity contribution in [1.82, 2.24) is 5.32 Å². The Morgan fingerprint density at radius 3 is 2.42 bits per heavy atom. The Labute approximate surface area is 121 Å². The van der Waals surface area contributed by atoms with Gasteiger partial charge in [0, 0.05) is 11.1 Å². The van der Waals surface area contributed by atoms with E-state index in [1.807, 2.05) is 6.07 Å². The van der Waals surface area contributed by atoms with Gasteiger partial charge >= 0.3 is 0 Å². The Bertz CT molecular complexity index is 411. The smallest absolute Gasteiger partial charge is 0.0409 e. The zero-order valence-electron chi connectivity index (χ0n) is 11.7. The van der Waals surface area contributed by atoms with Crippen molar-refractivity contribution in [2.24, 2.45) is 17.8 Å². The van der Waals surface area contributed by atoms with Gasteiger partial charge in [-0.3, -0.25) is 0 Å². The molecule has 0 amide bonds. The summed E-state index contributed by atoms with van der Waals surface area (Å²) in [5.41, 5.74) is 1.33. The summed E-state index contributed by atoms with van der Waals surface area (Å²) in [6.45, 7) is 3.45. The number of hydrogen-bond donors (Lipinski definition) is 1. The van der Waals surface area contributed by atoms with Crippen molar-refractivity contribution in [2.75, 3.05) is 6.54 Å². The summed E-state index contributed by atoms with van der Waals surface area (Å²) < 4.78 is 0. The van der Waals surface area contributed by atoms with Crippen molar-refractivity contribution < 1.29 is 0 Å². The van der Waals surface area contributed by atoms with Crippen LogP contribution in [0, 0.1) is 17.8 Å². The van der Waals surface area contributed by atoms with Crippen LogP contribution in [-0.2, 0) is 0 Å². The van der Waals surface area contributed by atoms with Crippen molar-refractivity contribution in [3.63, 3.8) is 0 Å². The molecule has 2 heteroatoms. The summed E-state index contributed by atoms with van der Waals surface area (Å²) in [7, 11) is 0. The van der Waals surface area contributed by atoms with E-state index < -0.39 is 0 Å². The second kappa shape index (κ2) is 5.85. The van der Waals surface area contributed by atoms with Crippen molar-refractivity contribution in [3.05, 3.63) is 34.9 Å². The second-order valence-corrected chi connectivity index (χ2v) is 6.70. The van der Waals surface area contributed by atoms with Crippen LogP contribution in [0.5, 0.6) is 0 Å². The van der Waals surface area contributed by atoms with Crippen LogP contribution in [0.2, 0.25) is 5.02 Å². The molecule has 3 rings (SSSR count). The minimum Gasteiger partial charge on any atom is -0.310 e. The third-order valence-corrected chi connectivity index (χ3v) is 4.95. The highest BCUT2D eigenvalue weighted by atomic mass is 35.5. The molecule has 1 nitrogen and oxygen atoms in total. The first kappa shape index (κ1) is 13.5. The number of hydrogen-bond acceptors (Lipinski definition) is 1. The van der Waals surface area contributed by atoms with Gasteiger partial charge < -0.3 is 5.32 Å². The maximum atomic E-state index is 6.10. The molecule has 1 unspecified atom stereocenters. The second-order valence-electron chi connectivity index (χ2n) is 6.26. The summed E-state index contributed by atoms with van der Waals surface area (Å²) in [4.78, 5) is 0. The Kier molecular flexibility index (Phi) is 4.14. The Hall–Kier alpha value is -0.530. The van der Waals surface area contributed by atoms with E-state index in [1.165, 1.54) is 37.8 Å². The lowest BCUT2D eigenvalue weighted by molar-refractivity contribution is 0.353. The summed E-state index contributed by atoms with van der Waals surface area (Å²) >= 11 is 6.10. The molecule has 19 heavy (non-hydrogen) atoms. The predicted molar refractivity (Wildman–Crippen MR) is 81.4 cm³/mol. The molecule has 2 aliphatic carbocycles. The first-order valence-corrected chi connectivity index (χ1v) is 8.14. The van der Waals surface area contributed by atoms with Gasteiger partial charge in [-0.15, -0.1) is 0 Å². The lowest BCUT2D eigenvalue weighted by Crippen LogP contribution is -2.29. The molecule has 0 aliphatic heterocycles. The maximum Gasteiger partial charge on any atom is 0.0409 e. The van der Waals surface area contributed by atoms with Gasteiger partial charge in [0.2, 0.25) is 0 Å². The quantitative estimate of drug-likeness (QED) is 0.754. The lowest BCUT2D eigenvalue weighted by atomic mass is 9.96. The van der Waals surface area contributed by atoms with Gasteiger partial charge in [0.15, 0.2) is 0 Å². The minimum atomic E-state index is 0.457. The SMILES string of the molecule is CCC(NCC(C1CC1)C1CC1)c1cccc(Cl)c1. The van der Waals surface area contributed by atoms with Crippen LogP contribution in [0.3, 0.4) is 0 Å². The van der Waals surface area contributed by atoms with Gasteiger partial charge in [-0.1, -0.05) is 30.7 Å². The number of nitrogens with one attached hydrogen (secondary N) is 1. The summed E-state index contributed by atoms with van der Waals surface area (Å²) in [6, 6.07) is 8.76. The third-order valence-electron chi connectivity index (χ3n) is 4.71. The molecule has 0 saturated heterocycles. The number of halogens is 1. The standard InChI is InChI=1S/C17H24ClN/c1-2-17(14-4-3-5-15(18)10-14)19-11-16(12-6-7-12)13-8-9-13/h3-5,10,12-13,16-17,19H,2,6-9,11H2,1H3. The zero-order chi connectivity index (χ0) is 13.2. The highest BCUT2D eigenvalue weighted by Crippen LogP contribution is 2.49. The normalized spacial score (nSPS) is 20.8. The van der Waals surface area contributed by atoms with Crippen LogP contribution >= 0.6 is 11.6 Å². The van der Waals surface area contributed by atoms with Crippen molar-refractivity contribution >= 4 is 11.6 Å². The molecule has 0 radical (unpaired) electrons. The Balaban J connectivity index is 1.59. The highest BCUT2D eigenvalue weighted by Gasteiger charge is 2.41. The molecule has 1 aromatic rings. The predicted octanol–water partition coefficient (Wildman–Crippen LogP) is 4.82. The number of rotatable bonds is 7. The van der Waals surface area contributed by atoms with E-state index in [2.05, 4.69) is 30.4 Å². The van der Waals surface area contributed by atoms with Crippen molar-refractivity contribution in [1.29, 1.82) is 0 Å². The van der Waals surface area contributed by atoms with E-state index in [0.717, 1.165) is 29.2 Å². The van der Waals surface area contributed by atoms with E-state index in [9.17, 15) is 0 Å².